The minimum Gasteiger partial charge on any atom is -0.0908 e. The second kappa shape index (κ2) is 11.9. The van der Waals surface area contributed by atoms with Gasteiger partial charge in [0.2, 0.25) is 6.71 Å². The van der Waals surface area contributed by atoms with Gasteiger partial charge in [-0.2, -0.15) is 0 Å². The first kappa shape index (κ1) is 28.2. The maximum Gasteiger partial charge on any atom is 0.243 e. The van der Waals surface area contributed by atoms with Crippen molar-refractivity contribution in [2.24, 2.45) is 0 Å². The summed E-state index contributed by atoms with van der Waals surface area (Å²) in [5, 5.41) is 0. The largest absolute Gasteiger partial charge is 0.243 e. The van der Waals surface area contributed by atoms with Crippen LogP contribution in [0, 0.1) is 0 Å². The summed E-state index contributed by atoms with van der Waals surface area (Å²) in [6.45, 7) is 19.7. The van der Waals surface area contributed by atoms with Crippen LogP contribution in [-0.2, 0) is 5.41 Å². The van der Waals surface area contributed by atoms with Crippen molar-refractivity contribution < 1.29 is 0 Å². The molecule has 1 aliphatic carbocycles. The molecule has 1 aromatic carbocycles. The third-order valence-corrected chi connectivity index (χ3v) is 8.11. The lowest BCUT2D eigenvalue weighted by Gasteiger charge is -2.43. The van der Waals surface area contributed by atoms with Gasteiger partial charge in [-0.1, -0.05) is 132 Å². The van der Waals surface area contributed by atoms with Crippen molar-refractivity contribution in [2.75, 3.05) is 0 Å². The summed E-state index contributed by atoms with van der Waals surface area (Å²) in [6.07, 6.45) is 31.2. The predicted molar refractivity (Wildman–Crippen MR) is 174 cm³/mol. The summed E-state index contributed by atoms with van der Waals surface area (Å²) in [6, 6.07) is 9.10. The Kier molecular flexibility index (Phi) is 8.61. The molecule has 1 unspecified atom stereocenters. The number of hydrogen-bond acceptors (Lipinski definition) is 0. The van der Waals surface area contributed by atoms with E-state index in [1.54, 1.807) is 0 Å². The normalized spacial score (nSPS) is 25.9. The van der Waals surface area contributed by atoms with Crippen LogP contribution in [0.15, 0.2) is 166 Å². The van der Waals surface area contributed by atoms with E-state index in [1.165, 1.54) is 55.4 Å². The van der Waals surface area contributed by atoms with Crippen LogP contribution >= 0.6 is 0 Å². The second-order valence-corrected chi connectivity index (χ2v) is 10.1. The lowest BCUT2D eigenvalue weighted by atomic mass is 9.32. The molecular formula is C38H41B. The highest BCUT2D eigenvalue weighted by atomic mass is 14.5. The van der Waals surface area contributed by atoms with Crippen LogP contribution in [0.1, 0.15) is 54.0 Å². The van der Waals surface area contributed by atoms with Crippen LogP contribution in [0.5, 0.6) is 0 Å². The van der Waals surface area contributed by atoms with Crippen molar-refractivity contribution in [3.63, 3.8) is 0 Å². The van der Waals surface area contributed by atoms with Crippen molar-refractivity contribution in [2.45, 2.75) is 53.9 Å². The molecule has 1 heteroatoms. The third-order valence-electron chi connectivity index (χ3n) is 8.11. The Balaban J connectivity index is 2.36. The van der Waals surface area contributed by atoms with Gasteiger partial charge in [0.15, 0.2) is 0 Å². The summed E-state index contributed by atoms with van der Waals surface area (Å²) >= 11 is 0. The molecular weight excluding hydrogens is 467 g/mol. The molecule has 0 bridgehead atoms. The van der Waals surface area contributed by atoms with Gasteiger partial charge in [-0.15, -0.1) is 0 Å². The Hall–Kier alpha value is -3.84. The zero-order chi connectivity index (χ0) is 28.2. The van der Waals surface area contributed by atoms with E-state index in [0.29, 0.717) is 0 Å². The van der Waals surface area contributed by atoms with E-state index in [1.807, 2.05) is 0 Å². The number of rotatable bonds is 5. The fourth-order valence-electron chi connectivity index (χ4n) is 6.85. The van der Waals surface area contributed by atoms with Gasteiger partial charge < -0.3 is 0 Å². The molecule has 1 saturated heterocycles. The van der Waals surface area contributed by atoms with Gasteiger partial charge in [0.05, 0.1) is 5.41 Å². The van der Waals surface area contributed by atoms with Gasteiger partial charge in [-0.3, -0.25) is 0 Å². The Morgan fingerprint density at radius 3 is 1.92 bits per heavy atom. The fraction of sp³-hybridized carbons (Fsp3) is 0.211. The zero-order valence-electron chi connectivity index (χ0n) is 24.7. The van der Waals surface area contributed by atoms with Gasteiger partial charge in [0, 0.05) is 0 Å². The first-order valence-corrected chi connectivity index (χ1v) is 14.2. The summed E-state index contributed by atoms with van der Waals surface area (Å²) in [5.74, 6) is 0. The third kappa shape index (κ3) is 4.16. The Labute approximate surface area is 237 Å². The maximum absolute atomic E-state index is 4.71. The van der Waals surface area contributed by atoms with Crippen LogP contribution in [-0.4, -0.2) is 6.71 Å². The Bertz CT molecular complexity index is 1510. The predicted octanol–water partition coefficient (Wildman–Crippen LogP) is 9.52. The van der Waals surface area contributed by atoms with Crippen molar-refractivity contribution in [1.29, 1.82) is 0 Å². The van der Waals surface area contributed by atoms with Crippen molar-refractivity contribution in [3.8, 4) is 0 Å². The van der Waals surface area contributed by atoms with Crippen molar-refractivity contribution in [3.05, 3.63) is 171 Å². The summed E-state index contributed by atoms with van der Waals surface area (Å²) in [5.41, 5.74) is 13.8. The molecule has 1 fully saturated rings. The molecule has 0 radical (unpaired) electrons. The van der Waals surface area contributed by atoms with Gasteiger partial charge in [-0.25, -0.2) is 0 Å². The molecule has 1 atom stereocenters. The second-order valence-electron chi connectivity index (χ2n) is 10.1. The fourth-order valence-corrected chi connectivity index (χ4v) is 6.85. The first-order chi connectivity index (χ1) is 19.0. The van der Waals surface area contributed by atoms with E-state index < -0.39 is 5.41 Å². The van der Waals surface area contributed by atoms with Gasteiger partial charge in [-0.05, 0) is 93.0 Å². The minimum atomic E-state index is -0.476. The number of allylic oxidation sites excluding steroid dienone is 23. The standard InChI is InChI=1S/C38H41B/c1-9-16-23-31-27(8)30(20-11-3)32(21-12-4)38(31)33-24-18-19-26-36(33)39-35(25-17-10-2)28(14-6)29(15-7)37(39)34(38)22-13-5/h9-26H,8H2,1-7H3/b16-9-,17-10-,20-11-,21-12-,22-13-,28-14-,29-15?,31-23+,35-25+. The van der Waals surface area contributed by atoms with Crippen LogP contribution in [0.4, 0.5) is 0 Å². The van der Waals surface area contributed by atoms with E-state index in [-0.39, 0.29) is 6.71 Å². The van der Waals surface area contributed by atoms with Crippen molar-refractivity contribution >= 4 is 12.2 Å². The summed E-state index contributed by atoms with van der Waals surface area (Å²) in [4.78, 5) is 0. The van der Waals surface area contributed by atoms with E-state index in [9.17, 15) is 0 Å². The van der Waals surface area contributed by atoms with Gasteiger partial charge in [0.25, 0.3) is 0 Å². The topological polar surface area (TPSA) is 0 Å². The molecule has 0 saturated carbocycles. The van der Waals surface area contributed by atoms with Gasteiger partial charge >= 0.3 is 0 Å². The lowest BCUT2D eigenvalue weighted by Crippen LogP contribution is -2.48. The smallest absolute Gasteiger partial charge is 0.0908 e. The van der Waals surface area contributed by atoms with Gasteiger partial charge in [0.1, 0.15) is 0 Å². The maximum atomic E-state index is 4.71. The zero-order valence-corrected chi connectivity index (χ0v) is 24.7. The van der Waals surface area contributed by atoms with E-state index in [2.05, 4.69) is 158 Å². The van der Waals surface area contributed by atoms with Crippen LogP contribution < -0.4 is 5.46 Å². The highest BCUT2D eigenvalue weighted by Gasteiger charge is 2.56. The average molecular weight is 509 g/mol. The molecule has 0 nitrogen and oxygen atoms in total. The lowest BCUT2D eigenvalue weighted by molar-refractivity contribution is 0.754. The van der Waals surface area contributed by atoms with Crippen LogP contribution in [0.2, 0.25) is 0 Å². The summed E-state index contributed by atoms with van der Waals surface area (Å²) in [7, 11) is 0. The van der Waals surface area contributed by atoms with Crippen LogP contribution in [0.25, 0.3) is 0 Å². The molecule has 0 amide bonds. The number of hydrogen-bond donors (Lipinski definition) is 0. The molecule has 0 aromatic heterocycles. The molecule has 1 aromatic rings. The Morgan fingerprint density at radius 1 is 0.692 bits per heavy atom. The molecule has 4 rings (SSSR count). The van der Waals surface area contributed by atoms with E-state index in [4.69, 9.17) is 6.58 Å². The highest BCUT2D eigenvalue weighted by Crippen LogP contribution is 2.61. The molecule has 39 heavy (non-hydrogen) atoms. The van der Waals surface area contributed by atoms with Crippen LogP contribution in [0.3, 0.4) is 0 Å². The molecule has 1 spiro atoms. The monoisotopic (exact) mass is 508 g/mol. The number of benzene rings is 1. The SMILES string of the molecule is C=C1C(/C=C\C)=C(/C=C\C)C2(C(/C=C\C)=C3B(C(=C/C=C\C)/C(=C\C)C3=CC)c3ccccc32)/C1=C/C=C\C. The quantitative estimate of drug-likeness (QED) is 0.348. The molecule has 0 N–H and O–H groups in total. The molecule has 3 aliphatic rings. The Morgan fingerprint density at radius 2 is 1.31 bits per heavy atom. The summed E-state index contributed by atoms with van der Waals surface area (Å²) < 4.78 is 0. The highest BCUT2D eigenvalue weighted by molar-refractivity contribution is 6.90. The average Bonchev–Trinajstić information content (AvgIpc) is 3.38. The molecule has 196 valence electrons. The number of fused-ring (bicyclic) bond motifs is 4. The molecule has 2 aliphatic heterocycles. The minimum absolute atomic E-state index is 0.167. The van der Waals surface area contributed by atoms with Crippen molar-refractivity contribution in [1.82, 2.24) is 0 Å². The molecule has 2 heterocycles. The first-order valence-electron chi connectivity index (χ1n) is 14.2. The van der Waals surface area contributed by atoms with E-state index >= 15 is 0 Å². The van der Waals surface area contributed by atoms with E-state index in [0.717, 1.165) is 5.57 Å².